The molecule has 0 bridgehead atoms. The fraction of sp³-hybridized carbons (Fsp3) is 0.375. The van der Waals surface area contributed by atoms with Crippen molar-refractivity contribution < 1.29 is 32.2 Å². The number of benzene rings is 2. The molecule has 1 N–H and O–H groups in total. The Morgan fingerprint density at radius 1 is 1.12 bits per heavy atom. The molecule has 1 atom stereocenters. The van der Waals surface area contributed by atoms with Crippen molar-refractivity contribution in [2.75, 3.05) is 20.8 Å². The average Bonchev–Trinajstić information content (AvgIpc) is 3.63. The van der Waals surface area contributed by atoms with Gasteiger partial charge in [0.15, 0.2) is 11.5 Å². The van der Waals surface area contributed by atoms with Gasteiger partial charge in [0.2, 0.25) is 5.91 Å². The maximum atomic E-state index is 14.3. The van der Waals surface area contributed by atoms with Crippen LogP contribution in [-0.2, 0) is 16.0 Å². The first-order chi connectivity index (χ1) is 16.2. The number of nitrogens with zero attached hydrogens (tertiary/aromatic N) is 2. The molecule has 2 amide bonds. The predicted molar refractivity (Wildman–Crippen MR) is 118 cm³/mol. The second-order valence-electron chi connectivity index (χ2n) is 8.17. The maximum absolute atomic E-state index is 14.3. The molecule has 1 aliphatic carbocycles. The monoisotopic (exact) mass is 475 g/mol. The van der Waals surface area contributed by atoms with Gasteiger partial charge in [0, 0.05) is 18.0 Å². The van der Waals surface area contributed by atoms with Crippen LogP contribution >= 0.6 is 0 Å². The Bertz CT molecular complexity index is 1120. The lowest BCUT2D eigenvalue weighted by atomic mass is 10.1. The molecular weight excluding hydrogens is 451 g/mol. The zero-order valence-corrected chi connectivity index (χ0v) is 18.7. The van der Waals surface area contributed by atoms with Gasteiger partial charge in [-0.15, -0.1) is 0 Å². The van der Waals surface area contributed by atoms with Crippen LogP contribution in [0.15, 0.2) is 53.5 Å². The smallest absolute Gasteiger partial charge is 0.442 e. The van der Waals surface area contributed by atoms with Gasteiger partial charge in [-0.05, 0) is 37.0 Å². The van der Waals surface area contributed by atoms with Crippen LogP contribution in [0.1, 0.15) is 24.0 Å². The highest BCUT2D eigenvalue weighted by molar-refractivity contribution is 6.16. The second kappa shape index (κ2) is 9.00. The summed E-state index contributed by atoms with van der Waals surface area (Å²) in [6.45, 7) is -0.0842. The summed E-state index contributed by atoms with van der Waals surface area (Å²) in [7, 11) is 2.97. The third kappa shape index (κ3) is 4.32. The van der Waals surface area contributed by atoms with Gasteiger partial charge < -0.3 is 14.8 Å². The number of alkyl halides is 3. The molecule has 180 valence electrons. The summed E-state index contributed by atoms with van der Waals surface area (Å²) in [5.74, 6) is -1.83. The third-order valence-electron chi connectivity index (χ3n) is 5.85. The number of rotatable bonds is 8. The molecule has 1 fully saturated rings. The first kappa shape index (κ1) is 23.6. The van der Waals surface area contributed by atoms with Gasteiger partial charge >= 0.3 is 11.8 Å². The molecule has 10 heteroatoms. The number of amides is 2. The molecule has 0 saturated heterocycles. The Morgan fingerprint density at radius 3 is 2.38 bits per heavy atom. The van der Waals surface area contributed by atoms with Gasteiger partial charge in [0.05, 0.1) is 14.2 Å². The number of aliphatic imine (C=N–C) groups is 1. The third-order valence-corrected chi connectivity index (χ3v) is 5.85. The number of carbonyl (C=O) groups excluding carboxylic acids is 2. The van der Waals surface area contributed by atoms with E-state index in [9.17, 15) is 22.8 Å². The number of methoxy groups -OCH3 is 2. The van der Waals surface area contributed by atoms with Gasteiger partial charge in [-0.2, -0.15) is 13.2 Å². The van der Waals surface area contributed by atoms with Crippen LogP contribution in [0.2, 0.25) is 0 Å². The van der Waals surface area contributed by atoms with Crippen molar-refractivity contribution in [3.8, 4) is 11.5 Å². The Hall–Kier alpha value is -3.56. The summed E-state index contributed by atoms with van der Waals surface area (Å²) in [6, 6.07) is 13.3. The first-order valence-corrected chi connectivity index (χ1v) is 10.8. The molecule has 1 saturated carbocycles. The minimum Gasteiger partial charge on any atom is -0.493 e. The number of carbonyl (C=O) groups is 2. The summed E-state index contributed by atoms with van der Waals surface area (Å²) in [6.07, 6.45) is -3.91. The minimum absolute atomic E-state index is 0.0842. The quantitative estimate of drug-likeness (QED) is 0.635. The highest BCUT2D eigenvalue weighted by Crippen LogP contribution is 2.40. The van der Waals surface area contributed by atoms with Crippen LogP contribution in [0.3, 0.4) is 0 Å². The van der Waals surface area contributed by atoms with Gasteiger partial charge in [0.1, 0.15) is 5.84 Å². The van der Waals surface area contributed by atoms with E-state index in [0.29, 0.717) is 29.9 Å². The van der Waals surface area contributed by atoms with Crippen LogP contribution in [0.5, 0.6) is 11.5 Å². The van der Waals surface area contributed by atoms with E-state index in [0.717, 1.165) is 10.5 Å². The number of ether oxygens (including phenoxy) is 2. The van der Waals surface area contributed by atoms with E-state index in [-0.39, 0.29) is 18.8 Å². The van der Waals surface area contributed by atoms with Crippen molar-refractivity contribution in [2.45, 2.75) is 31.1 Å². The van der Waals surface area contributed by atoms with Gasteiger partial charge in [-0.1, -0.05) is 36.4 Å². The van der Waals surface area contributed by atoms with E-state index in [2.05, 4.69) is 4.99 Å². The maximum Gasteiger partial charge on any atom is 0.442 e. The van der Waals surface area contributed by atoms with E-state index in [1.807, 2.05) is 5.32 Å². The van der Waals surface area contributed by atoms with E-state index in [4.69, 9.17) is 9.47 Å². The van der Waals surface area contributed by atoms with Crippen LogP contribution in [0, 0.1) is 5.92 Å². The standard InChI is InChI=1S/C24H24F3N3O4/c1-33-18-11-8-15(14-19(18)34-2)12-13-30-20(16-6-4-3-5-7-16)28-23(22(30)32,24(25,26)27)29-21(31)17-9-10-17/h3-8,11,14,17H,9-10,12-13H2,1-2H3,(H,29,31). The molecule has 34 heavy (non-hydrogen) atoms. The normalized spacial score (nSPS) is 20.2. The number of nitrogens with one attached hydrogen (secondary N) is 1. The Labute approximate surface area is 194 Å². The average molecular weight is 475 g/mol. The van der Waals surface area contributed by atoms with Crippen molar-refractivity contribution in [3.63, 3.8) is 0 Å². The van der Waals surface area contributed by atoms with Crippen molar-refractivity contribution in [1.29, 1.82) is 0 Å². The fourth-order valence-corrected chi connectivity index (χ4v) is 3.81. The van der Waals surface area contributed by atoms with Crippen molar-refractivity contribution in [3.05, 3.63) is 59.7 Å². The molecule has 0 spiro atoms. The number of amidine groups is 1. The molecule has 4 rings (SSSR count). The molecule has 1 unspecified atom stereocenters. The minimum atomic E-state index is -5.12. The lowest BCUT2D eigenvalue weighted by Gasteiger charge is -2.29. The molecule has 0 aromatic heterocycles. The van der Waals surface area contributed by atoms with E-state index in [1.54, 1.807) is 48.5 Å². The lowest BCUT2D eigenvalue weighted by Crippen LogP contribution is -2.63. The SMILES string of the molecule is COc1ccc(CCN2C(=O)C(NC(=O)C3CC3)(C(F)(F)F)N=C2c2ccccc2)cc1OC. The van der Waals surface area contributed by atoms with E-state index in [1.165, 1.54) is 14.2 Å². The molecule has 2 aromatic rings. The first-order valence-electron chi connectivity index (χ1n) is 10.8. The summed E-state index contributed by atoms with van der Waals surface area (Å²) in [5.41, 5.74) is -2.28. The second-order valence-corrected chi connectivity index (χ2v) is 8.17. The van der Waals surface area contributed by atoms with Crippen LogP contribution in [0.25, 0.3) is 0 Å². The Morgan fingerprint density at radius 2 is 1.79 bits per heavy atom. The number of hydrogen-bond donors (Lipinski definition) is 1. The van der Waals surface area contributed by atoms with Crippen molar-refractivity contribution in [2.24, 2.45) is 10.9 Å². The van der Waals surface area contributed by atoms with E-state index < -0.39 is 29.6 Å². The molecule has 1 aliphatic heterocycles. The van der Waals surface area contributed by atoms with Gasteiger partial charge in [-0.3, -0.25) is 14.5 Å². The van der Waals surface area contributed by atoms with Gasteiger partial charge in [-0.25, -0.2) is 4.99 Å². The predicted octanol–water partition coefficient (Wildman–Crippen LogP) is 3.32. The Kier molecular flexibility index (Phi) is 6.24. The van der Waals surface area contributed by atoms with Gasteiger partial charge in [0.25, 0.3) is 5.91 Å². The topological polar surface area (TPSA) is 80.2 Å². The Balaban J connectivity index is 1.68. The highest BCUT2D eigenvalue weighted by atomic mass is 19.4. The summed E-state index contributed by atoms with van der Waals surface area (Å²) in [4.78, 5) is 30.5. The summed E-state index contributed by atoms with van der Waals surface area (Å²) < 4.78 is 53.5. The zero-order valence-electron chi connectivity index (χ0n) is 18.7. The van der Waals surface area contributed by atoms with E-state index >= 15 is 0 Å². The highest BCUT2D eigenvalue weighted by Gasteiger charge is 2.67. The summed E-state index contributed by atoms with van der Waals surface area (Å²) in [5, 5.41) is 1.93. The molecule has 0 radical (unpaired) electrons. The molecule has 7 nitrogen and oxygen atoms in total. The lowest BCUT2D eigenvalue weighted by molar-refractivity contribution is -0.200. The molecule has 2 aliphatic rings. The number of halogens is 3. The number of hydrogen-bond acceptors (Lipinski definition) is 5. The van der Waals surface area contributed by atoms with Crippen molar-refractivity contribution in [1.82, 2.24) is 10.2 Å². The molecular formula is C24H24F3N3O4. The molecule has 2 aromatic carbocycles. The van der Waals surface area contributed by atoms with Crippen LogP contribution in [0.4, 0.5) is 13.2 Å². The van der Waals surface area contributed by atoms with Crippen molar-refractivity contribution >= 4 is 17.6 Å². The van der Waals surface area contributed by atoms with Crippen LogP contribution in [-0.4, -0.2) is 55.2 Å². The largest absolute Gasteiger partial charge is 0.493 e. The summed E-state index contributed by atoms with van der Waals surface area (Å²) >= 11 is 0. The zero-order chi connectivity index (χ0) is 24.5. The molecule has 1 heterocycles. The van der Waals surface area contributed by atoms with Crippen LogP contribution < -0.4 is 14.8 Å². The fourth-order valence-electron chi connectivity index (χ4n) is 3.81.